The summed E-state index contributed by atoms with van der Waals surface area (Å²) < 4.78 is 11.7. The van der Waals surface area contributed by atoms with E-state index < -0.39 is 23.1 Å². The van der Waals surface area contributed by atoms with Crippen LogP contribution in [0.2, 0.25) is 0 Å². The summed E-state index contributed by atoms with van der Waals surface area (Å²) in [7, 11) is 1.49. The highest BCUT2D eigenvalue weighted by atomic mass is 16.7. The van der Waals surface area contributed by atoms with Crippen molar-refractivity contribution in [2.45, 2.75) is 38.4 Å². The number of carbonyl (C=O) groups is 3. The van der Waals surface area contributed by atoms with Gasteiger partial charge in [-0.05, 0) is 24.1 Å². The maximum atomic E-state index is 13.2. The topological polar surface area (TPSA) is 69.7 Å². The van der Waals surface area contributed by atoms with E-state index in [1.54, 1.807) is 13.8 Å². The minimum absolute atomic E-state index is 0.0356. The van der Waals surface area contributed by atoms with E-state index in [9.17, 15) is 14.4 Å². The zero-order valence-corrected chi connectivity index (χ0v) is 15.7. The number of ether oxygens (including phenoxy) is 2. The number of benzene rings is 1. The van der Waals surface area contributed by atoms with E-state index in [1.165, 1.54) is 19.3 Å². The molecule has 0 N–H and O–H groups in total. The number of carbonyl (C=O) groups excluding carboxylic acids is 3. The summed E-state index contributed by atoms with van der Waals surface area (Å²) in [4.78, 5) is 38.1. The molecule has 0 aromatic heterocycles. The number of hydrogen-bond acceptors (Lipinski definition) is 5. The predicted octanol–water partition coefficient (Wildman–Crippen LogP) is 3.11. The Balaban J connectivity index is 1.98. The van der Waals surface area contributed by atoms with Crippen LogP contribution in [-0.4, -0.2) is 30.4 Å². The highest BCUT2D eigenvalue weighted by Crippen LogP contribution is 2.60. The monoisotopic (exact) mass is 366 g/mol. The van der Waals surface area contributed by atoms with Gasteiger partial charge in [0, 0.05) is 48.9 Å². The number of esters is 1. The van der Waals surface area contributed by atoms with Gasteiger partial charge in [-0.15, -0.1) is 0 Å². The third-order valence-corrected chi connectivity index (χ3v) is 6.27. The minimum Gasteiger partial charge on any atom is -0.425 e. The lowest BCUT2D eigenvalue weighted by molar-refractivity contribution is -0.248. The van der Waals surface area contributed by atoms with Gasteiger partial charge in [0.1, 0.15) is 5.78 Å². The molecule has 140 valence electrons. The van der Waals surface area contributed by atoms with Crippen molar-refractivity contribution >= 4 is 17.5 Å². The van der Waals surface area contributed by atoms with Crippen LogP contribution in [0, 0.1) is 11.3 Å². The average molecular weight is 366 g/mol. The molecular formula is C22H22O5. The van der Waals surface area contributed by atoms with Crippen molar-refractivity contribution in [1.82, 2.24) is 0 Å². The fraction of sp³-hybridized carbons (Fsp3) is 0.409. The molecule has 1 saturated carbocycles. The molecule has 1 fully saturated rings. The summed E-state index contributed by atoms with van der Waals surface area (Å²) in [6, 6.07) is 9.62. The highest BCUT2D eigenvalue weighted by molar-refractivity contribution is 6.03. The Hall–Kier alpha value is -2.53. The molecular weight excluding hydrogens is 344 g/mol. The van der Waals surface area contributed by atoms with Gasteiger partial charge < -0.3 is 9.47 Å². The lowest BCUT2D eigenvalue weighted by Gasteiger charge is -2.56. The second-order valence-electron chi connectivity index (χ2n) is 7.87. The maximum absolute atomic E-state index is 13.2. The smallest absolute Gasteiger partial charge is 0.333 e. The Morgan fingerprint density at radius 3 is 2.48 bits per heavy atom. The van der Waals surface area contributed by atoms with E-state index in [0.717, 1.165) is 5.56 Å². The van der Waals surface area contributed by atoms with Crippen molar-refractivity contribution in [3.05, 3.63) is 59.2 Å². The van der Waals surface area contributed by atoms with Crippen molar-refractivity contribution in [3.8, 4) is 0 Å². The Bertz CT molecular complexity index is 897. The van der Waals surface area contributed by atoms with Crippen LogP contribution >= 0.6 is 0 Å². The van der Waals surface area contributed by atoms with Crippen molar-refractivity contribution in [2.75, 3.05) is 7.11 Å². The number of allylic oxidation sites excluding steroid dienone is 1. The minimum atomic E-state index is -1.38. The molecule has 0 bridgehead atoms. The third kappa shape index (κ3) is 2.45. The number of rotatable bonds is 2. The molecule has 5 heteroatoms. The van der Waals surface area contributed by atoms with E-state index in [4.69, 9.17) is 9.47 Å². The van der Waals surface area contributed by atoms with Crippen LogP contribution in [-0.2, 0) is 23.9 Å². The van der Waals surface area contributed by atoms with Crippen LogP contribution < -0.4 is 0 Å². The van der Waals surface area contributed by atoms with Crippen molar-refractivity contribution < 1.29 is 23.9 Å². The summed E-state index contributed by atoms with van der Waals surface area (Å²) in [6.45, 7) is 3.57. The first-order chi connectivity index (χ1) is 12.8. The molecule has 2 aliphatic carbocycles. The van der Waals surface area contributed by atoms with Crippen molar-refractivity contribution in [2.24, 2.45) is 11.3 Å². The molecule has 4 rings (SSSR count). The van der Waals surface area contributed by atoms with Crippen LogP contribution in [0.15, 0.2) is 53.6 Å². The average Bonchev–Trinajstić information content (AvgIpc) is 2.63. The summed E-state index contributed by atoms with van der Waals surface area (Å²) >= 11 is 0. The van der Waals surface area contributed by atoms with Gasteiger partial charge in [-0.2, -0.15) is 0 Å². The summed E-state index contributed by atoms with van der Waals surface area (Å²) in [5.74, 6) is -2.73. The van der Waals surface area contributed by atoms with Crippen LogP contribution in [0.3, 0.4) is 0 Å². The molecule has 5 nitrogen and oxygen atoms in total. The van der Waals surface area contributed by atoms with Gasteiger partial charge in [-0.25, -0.2) is 4.79 Å². The zero-order valence-electron chi connectivity index (χ0n) is 15.7. The molecule has 1 aliphatic heterocycles. The van der Waals surface area contributed by atoms with Crippen molar-refractivity contribution in [3.63, 3.8) is 0 Å². The number of Topliss-reactive ketones (excluding diaryl/α,β-unsaturated/α-hetero) is 1. The fourth-order valence-corrected chi connectivity index (χ4v) is 5.12. The second-order valence-corrected chi connectivity index (χ2v) is 7.87. The predicted molar refractivity (Wildman–Crippen MR) is 97.7 cm³/mol. The highest BCUT2D eigenvalue weighted by Gasteiger charge is 2.65. The van der Waals surface area contributed by atoms with Crippen LogP contribution in [0.5, 0.6) is 0 Å². The van der Waals surface area contributed by atoms with Gasteiger partial charge in [0.15, 0.2) is 5.78 Å². The van der Waals surface area contributed by atoms with Crippen LogP contribution in [0.4, 0.5) is 0 Å². The molecule has 4 atom stereocenters. The maximum Gasteiger partial charge on any atom is 0.333 e. The van der Waals surface area contributed by atoms with Gasteiger partial charge in [-0.3, -0.25) is 9.59 Å². The molecule has 0 unspecified atom stereocenters. The van der Waals surface area contributed by atoms with Gasteiger partial charge in [0.05, 0.1) is 0 Å². The third-order valence-electron chi connectivity index (χ3n) is 6.27. The first-order valence-electron chi connectivity index (χ1n) is 9.12. The first kappa shape index (κ1) is 17.9. The Labute approximate surface area is 158 Å². The summed E-state index contributed by atoms with van der Waals surface area (Å²) in [6.07, 6.45) is 3.29. The Kier molecular flexibility index (Phi) is 3.96. The van der Waals surface area contributed by atoms with Crippen LogP contribution in [0.25, 0.3) is 0 Å². The summed E-state index contributed by atoms with van der Waals surface area (Å²) in [5.41, 5.74) is 1.18. The SMILES string of the molecule is CO[C@]12OC(=O)C=C(C)C1=CC(=O)[C@@]1(C)CC(=O)C[C@@H](c3ccccc3)[C@@H]21. The molecule has 0 radical (unpaired) electrons. The van der Waals surface area contributed by atoms with Gasteiger partial charge in [-0.1, -0.05) is 37.3 Å². The number of fused-ring (bicyclic) bond motifs is 3. The van der Waals surface area contributed by atoms with Gasteiger partial charge in [0.2, 0.25) is 5.79 Å². The number of ketones is 2. The fourth-order valence-electron chi connectivity index (χ4n) is 5.12. The molecule has 3 aliphatic rings. The first-order valence-corrected chi connectivity index (χ1v) is 9.12. The molecule has 1 heterocycles. The quantitative estimate of drug-likeness (QED) is 0.752. The molecule has 0 spiro atoms. The van der Waals surface area contributed by atoms with Gasteiger partial charge in [0.25, 0.3) is 0 Å². The normalized spacial score (nSPS) is 35.6. The second kappa shape index (κ2) is 5.99. The van der Waals surface area contributed by atoms with E-state index in [1.807, 2.05) is 30.3 Å². The number of methoxy groups -OCH3 is 1. The zero-order chi connectivity index (χ0) is 19.4. The van der Waals surface area contributed by atoms with Crippen LogP contribution in [0.1, 0.15) is 38.2 Å². The molecule has 1 aromatic carbocycles. The lowest BCUT2D eigenvalue weighted by atomic mass is 9.52. The lowest BCUT2D eigenvalue weighted by Crippen LogP contribution is -2.62. The molecule has 0 saturated heterocycles. The standard InChI is InChI=1S/C22H22O5/c1-13-9-19(25)27-22(26-3)17(13)11-18(24)21(2)12-15(23)10-16(20(21)22)14-7-5-4-6-8-14/h4-9,11,16,20H,10,12H2,1-3H3/t16-,20+,21+,22-/m0/s1. The Morgan fingerprint density at radius 2 is 1.81 bits per heavy atom. The molecule has 1 aromatic rings. The molecule has 27 heavy (non-hydrogen) atoms. The van der Waals surface area contributed by atoms with Crippen molar-refractivity contribution in [1.29, 1.82) is 0 Å². The van der Waals surface area contributed by atoms with E-state index in [2.05, 4.69) is 0 Å². The Morgan fingerprint density at radius 1 is 1.11 bits per heavy atom. The van der Waals surface area contributed by atoms with E-state index >= 15 is 0 Å². The largest absolute Gasteiger partial charge is 0.425 e. The summed E-state index contributed by atoms with van der Waals surface area (Å²) in [5, 5.41) is 0. The van der Waals surface area contributed by atoms with E-state index in [-0.39, 0.29) is 30.3 Å². The number of hydrogen-bond donors (Lipinski definition) is 0. The van der Waals surface area contributed by atoms with E-state index in [0.29, 0.717) is 11.1 Å². The molecule has 0 amide bonds. The van der Waals surface area contributed by atoms with Gasteiger partial charge >= 0.3 is 5.97 Å².